The number of carbonyl (C=O) groups is 1. The maximum Gasteiger partial charge on any atom is 0.224 e. The summed E-state index contributed by atoms with van der Waals surface area (Å²) in [4.78, 5) is 16.7. The van der Waals surface area contributed by atoms with E-state index in [-0.39, 0.29) is 28.7 Å². The highest BCUT2D eigenvalue weighted by Crippen LogP contribution is 2.34. The molecular weight excluding hydrogens is 418 g/mol. The monoisotopic (exact) mass is 443 g/mol. The van der Waals surface area contributed by atoms with Crippen LogP contribution in [0.1, 0.15) is 16.7 Å². The lowest BCUT2D eigenvalue weighted by Crippen LogP contribution is -2.27. The molecule has 0 unspecified atom stereocenters. The molecule has 0 spiro atoms. The predicted octanol–water partition coefficient (Wildman–Crippen LogP) is 2.58. The maximum atomic E-state index is 12.2. The number of amides is 1. The van der Waals surface area contributed by atoms with Crippen molar-refractivity contribution in [3.8, 4) is 0 Å². The van der Waals surface area contributed by atoms with Crippen molar-refractivity contribution < 1.29 is 13.2 Å². The smallest absolute Gasteiger partial charge is 0.224 e. The molecule has 8 heteroatoms. The summed E-state index contributed by atoms with van der Waals surface area (Å²) in [6.07, 6.45) is 1.16. The molecule has 30 heavy (non-hydrogen) atoms. The van der Waals surface area contributed by atoms with Crippen molar-refractivity contribution in [1.29, 1.82) is 0 Å². The van der Waals surface area contributed by atoms with Gasteiger partial charge in [-0.3, -0.25) is 9.79 Å². The molecule has 0 saturated carbocycles. The highest BCUT2D eigenvalue weighted by atomic mass is 32.2. The number of nitrogens with one attached hydrogen (secondary N) is 2. The van der Waals surface area contributed by atoms with E-state index in [0.717, 1.165) is 22.8 Å². The Kier molecular flexibility index (Phi) is 6.15. The van der Waals surface area contributed by atoms with Crippen LogP contribution in [0.3, 0.4) is 0 Å². The molecule has 1 saturated heterocycles. The zero-order chi connectivity index (χ0) is 21.1. The van der Waals surface area contributed by atoms with Crippen LogP contribution in [0.15, 0.2) is 53.5 Å². The van der Waals surface area contributed by atoms with Gasteiger partial charge in [0.2, 0.25) is 5.91 Å². The summed E-state index contributed by atoms with van der Waals surface area (Å²) in [6.45, 7) is 2.69. The molecule has 1 fully saturated rings. The van der Waals surface area contributed by atoms with Gasteiger partial charge in [-0.05, 0) is 36.6 Å². The Labute approximate surface area is 181 Å². The van der Waals surface area contributed by atoms with E-state index >= 15 is 0 Å². The SMILES string of the molecule is Cc1cccc(CCNC(=O)Cc2ccc(NC3=N[C@@H]4CS(=O)(=O)C[C@H]4S3)cc2)c1. The van der Waals surface area contributed by atoms with Crippen LogP contribution in [-0.2, 0) is 27.5 Å². The summed E-state index contributed by atoms with van der Waals surface area (Å²) >= 11 is 1.50. The summed E-state index contributed by atoms with van der Waals surface area (Å²) in [6, 6.07) is 15.9. The Bertz CT molecular complexity index is 1070. The van der Waals surface area contributed by atoms with Gasteiger partial charge in [-0.25, -0.2) is 8.42 Å². The second-order valence-electron chi connectivity index (χ2n) is 7.82. The highest BCUT2D eigenvalue weighted by Gasteiger charge is 2.42. The van der Waals surface area contributed by atoms with Crippen LogP contribution in [0.4, 0.5) is 5.69 Å². The van der Waals surface area contributed by atoms with Gasteiger partial charge in [0, 0.05) is 17.5 Å². The van der Waals surface area contributed by atoms with Gasteiger partial charge in [0.1, 0.15) is 0 Å². The van der Waals surface area contributed by atoms with Crippen molar-refractivity contribution in [3.63, 3.8) is 0 Å². The number of hydrogen-bond acceptors (Lipinski definition) is 6. The third-order valence-corrected chi connectivity index (χ3v) is 8.35. The average Bonchev–Trinajstić information content (AvgIpc) is 3.16. The fourth-order valence-corrected chi connectivity index (χ4v) is 7.38. The number of amidine groups is 1. The Morgan fingerprint density at radius 3 is 2.67 bits per heavy atom. The number of thioether (sulfide) groups is 1. The molecule has 158 valence electrons. The summed E-state index contributed by atoms with van der Waals surface area (Å²) in [5.41, 5.74) is 4.27. The topological polar surface area (TPSA) is 87.6 Å². The van der Waals surface area contributed by atoms with E-state index in [0.29, 0.717) is 13.0 Å². The number of anilines is 1. The lowest BCUT2D eigenvalue weighted by atomic mass is 10.1. The molecule has 0 bridgehead atoms. The van der Waals surface area contributed by atoms with E-state index in [2.05, 4.69) is 40.7 Å². The van der Waals surface area contributed by atoms with Crippen LogP contribution in [-0.4, -0.2) is 48.8 Å². The van der Waals surface area contributed by atoms with Gasteiger partial charge >= 0.3 is 0 Å². The quantitative estimate of drug-likeness (QED) is 0.717. The van der Waals surface area contributed by atoms with Crippen LogP contribution < -0.4 is 10.6 Å². The molecule has 2 N–H and O–H groups in total. The van der Waals surface area contributed by atoms with E-state index in [1.54, 1.807) is 0 Å². The molecule has 2 heterocycles. The lowest BCUT2D eigenvalue weighted by molar-refractivity contribution is -0.120. The summed E-state index contributed by atoms with van der Waals surface area (Å²) in [5, 5.41) is 7.02. The van der Waals surface area contributed by atoms with Gasteiger partial charge in [-0.2, -0.15) is 0 Å². The minimum Gasteiger partial charge on any atom is -0.355 e. The molecule has 0 radical (unpaired) electrons. The van der Waals surface area contributed by atoms with Gasteiger partial charge in [-0.1, -0.05) is 53.7 Å². The highest BCUT2D eigenvalue weighted by molar-refractivity contribution is 8.15. The molecule has 2 aliphatic heterocycles. The molecule has 0 aliphatic carbocycles. The first-order valence-corrected chi connectivity index (χ1v) is 12.7. The standard InChI is InChI=1S/C22H25N3O3S2/c1-15-3-2-4-16(11-15)9-10-23-21(26)12-17-5-7-18(8-6-17)24-22-25-19-13-30(27,28)14-20(19)29-22/h2-8,11,19-20H,9-10,12-14H2,1H3,(H,23,26)(H,24,25)/t19-,20-/m1/s1. The number of fused-ring (bicyclic) bond motifs is 1. The summed E-state index contributed by atoms with van der Waals surface area (Å²) < 4.78 is 23.3. The second kappa shape index (κ2) is 8.81. The van der Waals surface area contributed by atoms with Crippen LogP contribution in [0, 0.1) is 6.92 Å². The zero-order valence-electron chi connectivity index (χ0n) is 16.8. The molecule has 2 aliphatic rings. The van der Waals surface area contributed by atoms with Crippen molar-refractivity contribution >= 4 is 38.4 Å². The number of aliphatic imine (C=N–C) groups is 1. The predicted molar refractivity (Wildman–Crippen MR) is 123 cm³/mol. The van der Waals surface area contributed by atoms with E-state index < -0.39 is 9.84 Å². The van der Waals surface area contributed by atoms with E-state index in [4.69, 9.17) is 0 Å². The minimum atomic E-state index is -2.94. The molecule has 2 aromatic carbocycles. The number of hydrogen-bond donors (Lipinski definition) is 2. The number of nitrogens with zero attached hydrogens (tertiary/aromatic N) is 1. The lowest BCUT2D eigenvalue weighted by Gasteiger charge is -2.09. The van der Waals surface area contributed by atoms with Gasteiger partial charge in [0.25, 0.3) is 0 Å². The van der Waals surface area contributed by atoms with Gasteiger partial charge < -0.3 is 10.6 Å². The van der Waals surface area contributed by atoms with Crippen molar-refractivity contribution in [3.05, 3.63) is 65.2 Å². The Morgan fingerprint density at radius 2 is 1.93 bits per heavy atom. The molecule has 6 nitrogen and oxygen atoms in total. The van der Waals surface area contributed by atoms with Gasteiger partial charge in [-0.15, -0.1) is 0 Å². The molecule has 0 aromatic heterocycles. The Balaban J connectivity index is 1.23. The average molecular weight is 444 g/mol. The van der Waals surface area contributed by atoms with E-state index in [1.807, 2.05) is 30.3 Å². The van der Waals surface area contributed by atoms with Gasteiger partial charge in [0.05, 0.1) is 24.0 Å². The third-order valence-electron chi connectivity index (χ3n) is 5.21. The van der Waals surface area contributed by atoms with Gasteiger partial charge in [0.15, 0.2) is 15.0 Å². The molecule has 2 aromatic rings. The number of carbonyl (C=O) groups excluding carboxylic acids is 1. The maximum absolute atomic E-state index is 12.2. The first-order valence-electron chi connectivity index (χ1n) is 9.99. The van der Waals surface area contributed by atoms with Crippen molar-refractivity contribution in [2.75, 3.05) is 23.4 Å². The fraction of sp³-hybridized carbons (Fsp3) is 0.364. The number of rotatable bonds is 6. The van der Waals surface area contributed by atoms with Crippen LogP contribution in [0.25, 0.3) is 0 Å². The first-order chi connectivity index (χ1) is 14.4. The van der Waals surface area contributed by atoms with Crippen LogP contribution in [0.5, 0.6) is 0 Å². The van der Waals surface area contributed by atoms with Crippen molar-refractivity contribution in [2.45, 2.75) is 31.1 Å². The number of aryl methyl sites for hydroxylation is 1. The third kappa shape index (κ3) is 5.43. The molecule has 1 amide bonds. The zero-order valence-corrected chi connectivity index (χ0v) is 18.4. The Hall–Kier alpha value is -2.32. The van der Waals surface area contributed by atoms with Crippen molar-refractivity contribution in [2.24, 2.45) is 4.99 Å². The summed E-state index contributed by atoms with van der Waals surface area (Å²) in [7, 11) is -2.94. The minimum absolute atomic E-state index is 0.00752. The Morgan fingerprint density at radius 1 is 1.13 bits per heavy atom. The molecule has 2 atom stereocenters. The number of sulfone groups is 1. The first kappa shape index (κ1) is 20.9. The fourth-order valence-electron chi connectivity index (χ4n) is 3.71. The number of benzene rings is 2. The molecular formula is C22H25N3O3S2. The molecule has 4 rings (SSSR count). The normalized spacial score (nSPS) is 21.7. The summed E-state index contributed by atoms with van der Waals surface area (Å²) in [5.74, 6) is 0.357. The van der Waals surface area contributed by atoms with E-state index in [1.165, 1.54) is 22.9 Å². The van der Waals surface area contributed by atoms with Crippen LogP contribution >= 0.6 is 11.8 Å². The second-order valence-corrected chi connectivity index (χ2v) is 11.2. The van der Waals surface area contributed by atoms with E-state index in [9.17, 15) is 13.2 Å². The largest absolute Gasteiger partial charge is 0.355 e. The van der Waals surface area contributed by atoms with Crippen molar-refractivity contribution in [1.82, 2.24) is 5.32 Å². The van der Waals surface area contributed by atoms with Crippen LogP contribution in [0.2, 0.25) is 0 Å².